The highest BCUT2D eigenvalue weighted by molar-refractivity contribution is 7.88. The van der Waals surface area contributed by atoms with Crippen LogP contribution in [0.2, 0.25) is 0 Å². The number of nitrogens with zero attached hydrogens (tertiary/aromatic N) is 2. The van der Waals surface area contributed by atoms with Gasteiger partial charge in [0.15, 0.2) is 0 Å². The van der Waals surface area contributed by atoms with E-state index in [2.05, 4.69) is 17.1 Å². The summed E-state index contributed by atoms with van der Waals surface area (Å²) in [4.78, 5) is 14.7. The van der Waals surface area contributed by atoms with Gasteiger partial charge in [0.2, 0.25) is 15.9 Å². The molecule has 168 valence electrons. The molecule has 2 heterocycles. The smallest absolute Gasteiger partial charge is 0.220 e. The second kappa shape index (κ2) is 10.6. The summed E-state index contributed by atoms with van der Waals surface area (Å²) in [6, 6.07) is 5.80. The molecule has 0 bridgehead atoms. The fourth-order valence-electron chi connectivity index (χ4n) is 4.02. The van der Waals surface area contributed by atoms with E-state index < -0.39 is 10.0 Å². The summed E-state index contributed by atoms with van der Waals surface area (Å²) in [5.74, 6) is 1.63. The number of hydrogen-bond acceptors (Lipinski definition) is 5. The van der Waals surface area contributed by atoms with Gasteiger partial charge < -0.3 is 15.0 Å². The van der Waals surface area contributed by atoms with Crippen molar-refractivity contribution in [3.63, 3.8) is 0 Å². The predicted molar refractivity (Wildman–Crippen MR) is 118 cm³/mol. The summed E-state index contributed by atoms with van der Waals surface area (Å²) in [7, 11) is -3.27. The van der Waals surface area contributed by atoms with E-state index in [1.54, 1.807) is 0 Å². The molecule has 3 rings (SSSR count). The molecule has 1 N–H and O–H groups in total. The summed E-state index contributed by atoms with van der Waals surface area (Å²) in [5.41, 5.74) is 1.87. The second-order valence-corrected chi connectivity index (χ2v) is 10.6. The van der Waals surface area contributed by atoms with E-state index >= 15 is 0 Å². The lowest BCUT2D eigenvalue weighted by Crippen LogP contribution is -2.35. The van der Waals surface area contributed by atoms with Crippen LogP contribution >= 0.6 is 0 Å². The van der Waals surface area contributed by atoms with Crippen LogP contribution < -0.4 is 10.1 Å². The molecule has 0 atom stereocenters. The second-order valence-electron chi connectivity index (χ2n) is 8.61. The van der Waals surface area contributed by atoms with Crippen molar-refractivity contribution in [2.75, 3.05) is 45.6 Å². The van der Waals surface area contributed by atoms with Crippen LogP contribution in [0.1, 0.15) is 43.7 Å². The molecular weight excluding hydrogens is 402 g/mol. The Labute approximate surface area is 180 Å². The molecule has 30 heavy (non-hydrogen) atoms. The van der Waals surface area contributed by atoms with E-state index in [0.717, 1.165) is 35.8 Å². The minimum Gasteiger partial charge on any atom is -0.492 e. The Bertz CT molecular complexity index is 820. The molecule has 0 radical (unpaired) electrons. The van der Waals surface area contributed by atoms with Gasteiger partial charge in [-0.15, -0.1) is 0 Å². The molecule has 0 aliphatic carbocycles. The number of rotatable bonds is 8. The number of carbonyl (C=O) groups is 1. The topological polar surface area (TPSA) is 79.0 Å². The summed E-state index contributed by atoms with van der Waals surface area (Å²) in [6.07, 6.45) is 5.81. The van der Waals surface area contributed by atoms with Gasteiger partial charge in [-0.25, -0.2) is 8.42 Å². The first kappa shape index (κ1) is 23.0. The summed E-state index contributed by atoms with van der Waals surface area (Å²) < 4.78 is 30.9. The average molecular weight is 438 g/mol. The lowest BCUT2D eigenvalue weighted by Gasteiger charge is -2.30. The van der Waals surface area contributed by atoms with Crippen molar-refractivity contribution in [1.82, 2.24) is 14.5 Å². The van der Waals surface area contributed by atoms with E-state index in [1.807, 2.05) is 18.2 Å². The summed E-state index contributed by atoms with van der Waals surface area (Å²) in [5, 5.41) is 3.02. The first-order valence-electron chi connectivity index (χ1n) is 11.0. The van der Waals surface area contributed by atoms with Crippen molar-refractivity contribution in [1.29, 1.82) is 0 Å². The molecule has 8 heteroatoms. The molecule has 1 saturated heterocycles. The minimum absolute atomic E-state index is 0.0613. The quantitative estimate of drug-likeness (QED) is 0.630. The van der Waals surface area contributed by atoms with Gasteiger partial charge in [0, 0.05) is 31.6 Å². The monoisotopic (exact) mass is 437 g/mol. The number of nitrogens with one attached hydrogen (secondary N) is 1. The predicted octanol–water partition coefficient (Wildman–Crippen LogP) is 2.01. The van der Waals surface area contributed by atoms with Crippen LogP contribution in [0, 0.1) is 5.92 Å². The maximum atomic E-state index is 12.2. The van der Waals surface area contributed by atoms with Crippen LogP contribution in [0.5, 0.6) is 5.75 Å². The van der Waals surface area contributed by atoms with Crippen molar-refractivity contribution < 1.29 is 17.9 Å². The first-order chi connectivity index (χ1) is 14.3. The van der Waals surface area contributed by atoms with Gasteiger partial charge in [0.25, 0.3) is 0 Å². The molecule has 0 saturated carbocycles. The lowest BCUT2D eigenvalue weighted by molar-refractivity contribution is -0.121. The van der Waals surface area contributed by atoms with Crippen molar-refractivity contribution >= 4 is 15.9 Å². The Morgan fingerprint density at radius 1 is 1.23 bits per heavy atom. The molecule has 0 spiro atoms. The van der Waals surface area contributed by atoms with Gasteiger partial charge in [-0.05, 0) is 62.9 Å². The molecule has 0 unspecified atom stereocenters. The highest BCUT2D eigenvalue weighted by atomic mass is 32.2. The zero-order valence-corrected chi connectivity index (χ0v) is 19.0. The number of ether oxygens (including phenoxy) is 1. The number of piperidine rings is 1. The van der Waals surface area contributed by atoms with Gasteiger partial charge in [-0.3, -0.25) is 4.79 Å². The molecule has 0 aromatic heterocycles. The number of likely N-dealkylation sites (tertiary alicyclic amines) is 1. The Morgan fingerprint density at radius 3 is 2.73 bits per heavy atom. The van der Waals surface area contributed by atoms with Crippen molar-refractivity contribution in [2.45, 2.75) is 45.6 Å². The molecule has 1 fully saturated rings. The molecule has 2 aliphatic heterocycles. The number of sulfonamides is 1. The Hall–Kier alpha value is -1.64. The average Bonchev–Trinajstić information content (AvgIpc) is 2.93. The maximum absolute atomic E-state index is 12.2. The fourth-order valence-corrected chi connectivity index (χ4v) is 4.80. The summed E-state index contributed by atoms with van der Waals surface area (Å²) in [6.45, 7) is 7.43. The van der Waals surface area contributed by atoms with Crippen LogP contribution in [0.25, 0.3) is 0 Å². The van der Waals surface area contributed by atoms with Crippen LogP contribution in [-0.2, 0) is 27.8 Å². The zero-order valence-electron chi connectivity index (χ0n) is 18.2. The molecular formula is C22H35N3O4S. The molecule has 7 nitrogen and oxygen atoms in total. The molecule has 2 aliphatic rings. The molecule has 1 aromatic carbocycles. The van der Waals surface area contributed by atoms with Crippen molar-refractivity contribution in [2.24, 2.45) is 5.92 Å². The number of amides is 1. The van der Waals surface area contributed by atoms with E-state index in [0.29, 0.717) is 39.1 Å². The maximum Gasteiger partial charge on any atom is 0.220 e. The minimum atomic E-state index is -3.27. The van der Waals surface area contributed by atoms with Crippen LogP contribution in [0.3, 0.4) is 0 Å². The Kier molecular flexibility index (Phi) is 8.13. The molecule has 1 amide bonds. The normalized spacial score (nSPS) is 19.0. The van der Waals surface area contributed by atoms with E-state index in [1.165, 1.54) is 36.5 Å². The van der Waals surface area contributed by atoms with Gasteiger partial charge in [-0.2, -0.15) is 4.31 Å². The third kappa shape index (κ3) is 6.96. The third-order valence-corrected chi connectivity index (χ3v) is 7.28. The van der Waals surface area contributed by atoms with Crippen molar-refractivity contribution in [3.8, 4) is 5.75 Å². The van der Waals surface area contributed by atoms with Crippen LogP contribution in [0.15, 0.2) is 18.2 Å². The van der Waals surface area contributed by atoms with E-state index in [-0.39, 0.29) is 5.91 Å². The van der Waals surface area contributed by atoms with Gasteiger partial charge in [-0.1, -0.05) is 19.1 Å². The summed E-state index contributed by atoms with van der Waals surface area (Å²) >= 11 is 0. The van der Waals surface area contributed by atoms with Gasteiger partial charge in [0.1, 0.15) is 12.4 Å². The fraction of sp³-hybridized carbons (Fsp3) is 0.682. The number of hydrogen-bond donors (Lipinski definition) is 1. The number of carbonyl (C=O) groups excluding carboxylic acids is 1. The highest BCUT2D eigenvalue weighted by Crippen LogP contribution is 2.26. The third-order valence-electron chi connectivity index (χ3n) is 6.03. The van der Waals surface area contributed by atoms with Gasteiger partial charge in [0.05, 0.1) is 6.26 Å². The first-order valence-corrected chi connectivity index (χ1v) is 12.8. The Morgan fingerprint density at radius 2 is 2.00 bits per heavy atom. The Balaban J connectivity index is 1.41. The van der Waals surface area contributed by atoms with Crippen LogP contribution in [-0.4, -0.2) is 69.1 Å². The van der Waals surface area contributed by atoms with E-state index in [9.17, 15) is 13.2 Å². The largest absolute Gasteiger partial charge is 0.492 e. The van der Waals surface area contributed by atoms with Gasteiger partial charge >= 0.3 is 0 Å². The number of benzene rings is 1. The SMILES string of the molecule is CC1CCN(CCCNC(=O)CCc2ccc3c(c2)CN(S(C)(=O)=O)CCO3)CC1. The molecule has 1 aromatic rings. The van der Waals surface area contributed by atoms with Crippen LogP contribution in [0.4, 0.5) is 0 Å². The number of fused-ring (bicyclic) bond motifs is 1. The number of aryl methyl sites for hydroxylation is 1. The standard InChI is InChI=1S/C22H35N3O4S/c1-18-8-12-24(13-9-18)11-3-10-23-22(26)7-5-19-4-6-21-20(16-19)17-25(14-15-29-21)30(2,27)28/h4,6,16,18H,3,5,7-15,17H2,1-2H3,(H,23,26). The lowest BCUT2D eigenvalue weighted by atomic mass is 9.99. The van der Waals surface area contributed by atoms with Crippen molar-refractivity contribution in [3.05, 3.63) is 29.3 Å². The highest BCUT2D eigenvalue weighted by Gasteiger charge is 2.22. The van der Waals surface area contributed by atoms with E-state index in [4.69, 9.17) is 4.74 Å². The zero-order chi connectivity index (χ0) is 21.6.